The van der Waals surface area contributed by atoms with Crippen molar-refractivity contribution < 1.29 is 19.4 Å². The first kappa shape index (κ1) is 16.8. The van der Waals surface area contributed by atoms with Crippen molar-refractivity contribution >= 4 is 12.0 Å². The maximum atomic E-state index is 12.1. The van der Waals surface area contributed by atoms with Crippen LogP contribution < -0.4 is 5.32 Å². The van der Waals surface area contributed by atoms with Gasteiger partial charge in [-0.05, 0) is 39.0 Å². The largest absolute Gasteiger partial charge is 0.481 e. The Hall–Kier alpha value is -1.30. The number of amides is 2. The molecule has 1 aliphatic rings. The number of nitrogens with one attached hydrogen (secondary N) is 1. The molecule has 2 unspecified atom stereocenters. The van der Waals surface area contributed by atoms with Gasteiger partial charge in [0.25, 0.3) is 0 Å². The lowest BCUT2D eigenvalue weighted by Gasteiger charge is -2.33. The van der Waals surface area contributed by atoms with Crippen molar-refractivity contribution in [2.75, 3.05) is 26.3 Å². The minimum Gasteiger partial charge on any atom is -0.481 e. The number of urea groups is 1. The average molecular weight is 286 g/mol. The summed E-state index contributed by atoms with van der Waals surface area (Å²) in [6.07, 6.45) is 2.78. The number of carboxylic acid groups (broad SMARTS) is 1. The Balaban J connectivity index is 2.34. The zero-order chi connectivity index (χ0) is 15.0. The maximum Gasteiger partial charge on any atom is 0.317 e. The molecule has 0 aromatic carbocycles. The first-order chi connectivity index (χ1) is 9.52. The molecule has 0 spiro atoms. The molecule has 1 aliphatic heterocycles. The molecule has 0 aromatic rings. The van der Waals surface area contributed by atoms with Crippen LogP contribution in [-0.4, -0.2) is 54.4 Å². The number of carbonyl (C=O) groups is 2. The van der Waals surface area contributed by atoms with Crippen molar-refractivity contribution in [1.29, 1.82) is 0 Å². The predicted molar refractivity (Wildman–Crippen MR) is 75.7 cm³/mol. The number of carboxylic acids is 1. The molecule has 2 amide bonds. The van der Waals surface area contributed by atoms with Gasteiger partial charge >= 0.3 is 12.0 Å². The van der Waals surface area contributed by atoms with Crippen LogP contribution in [-0.2, 0) is 9.53 Å². The molecule has 6 heteroatoms. The minimum absolute atomic E-state index is 0.0122. The lowest BCUT2D eigenvalue weighted by Crippen LogP contribution is -2.49. The first-order valence-corrected chi connectivity index (χ1v) is 7.37. The summed E-state index contributed by atoms with van der Waals surface area (Å²) >= 11 is 0. The second kappa shape index (κ2) is 8.79. The van der Waals surface area contributed by atoms with E-state index in [1.54, 1.807) is 4.90 Å². The van der Waals surface area contributed by atoms with Gasteiger partial charge in [-0.25, -0.2) is 4.79 Å². The fourth-order valence-electron chi connectivity index (χ4n) is 2.45. The Labute approximate surface area is 120 Å². The SMILES string of the molecule is CCOCC(C)NC(=O)N1CCCC(CCC(=O)O)C1. The number of ether oxygens (including phenoxy) is 1. The highest BCUT2D eigenvalue weighted by Crippen LogP contribution is 2.21. The molecule has 1 saturated heterocycles. The molecule has 1 fully saturated rings. The molecule has 6 nitrogen and oxygen atoms in total. The second-order valence-electron chi connectivity index (χ2n) is 5.40. The normalized spacial score (nSPS) is 20.5. The summed E-state index contributed by atoms with van der Waals surface area (Å²) in [4.78, 5) is 24.5. The van der Waals surface area contributed by atoms with Crippen LogP contribution in [0.2, 0.25) is 0 Å². The van der Waals surface area contributed by atoms with Crippen LogP contribution in [0.1, 0.15) is 39.5 Å². The monoisotopic (exact) mass is 286 g/mol. The zero-order valence-electron chi connectivity index (χ0n) is 12.4. The van der Waals surface area contributed by atoms with Gasteiger partial charge in [0, 0.05) is 26.1 Å². The molecule has 0 aromatic heterocycles. The van der Waals surface area contributed by atoms with E-state index in [2.05, 4.69) is 5.32 Å². The highest BCUT2D eigenvalue weighted by Gasteiger charge is 2.24. The quantitative estimate of drug-likeness (QED) is 0.746. The third kappa shape index (κ3) is 6.23. The fraction of sp³-hybridized carbons (Fsp3) is 0.857. The Morgan fingerprint density at radius 2 is 2.25 bits per heavy atom. The van der Waals surface area contributed by atoms with Crippen LogP contribution in [0.5, 0.6) is 0 Å². The Bertz CT molecular complexity index is 322. The van der Waals surface area contributed by atoms with E-state index in [9.17, 15) is 9.59 Å². The van der Waals surface area contributed by atoms with Crippen molar-refractivity contribution in [3.63, 3.8) is 0 Å². The molecule has 2 atom stereocenters. The lowest BCUT2D eigenvalue weighted by molar-refractivity contribution is -0.137. The van der Waals surface area contributed by atoms with Gasteiger partial charge in [0.15, 0.2) is 0 Å². The van der Waals surface area contributed by atoms with Gasteiger partial charge < -0.3 is 20.1 Å². The summed E-state index contributed by atoms with van der Waals surface area (Å²) in [7, 11) is 0. The summed E-state index contributed by atoms with van der Waals surface area (Å²) < 4.78 is 5.27. The molecular weight excluding hydrogens is 260 g/mol. The van der Waals surface area contributed by atoms with E-state index < -0.39 is 5.97 Å². The number of rotatable bonds is 7. The summed E-state index contributed by atoms with van der Waals surface area (Å²) in [6.45, 7) is 6.39. The third-order valence-electron chi connectivity index (χ3n) is 3.51. The third-order valence-corrected chi connectivity index (χ3v) is 3.51. The highest BCUT2D eigenvalue weighted by molar-refractivity contribution is 5.74. The molecule has 1 heterocycles. The maximum absolute atomic E-state index is 12.1. The summed E-state index contributed by atoms with van der Waals surface area (Å²) in [5.74, 6) is -0.468. The summed E-state index contributed by atoms with van der Waals surface area (Å²) in [5, 5.41) is 11.6. The molecule has 2 N–H and O–H groups in total. The van der Waals surface area contributed by atoms with Crippen molar-refractivity contribution in [3.8, 4) is 0 Å². The van der Waals surface area contributed by atoms with Crippen LogP contribution in [0.3, 0.4) is 0 Å². The minimum atomic E-state index is -0.767. The van der Waals surface area contributed by atoms with Crippen molar-refractivity contribution in [3.05, 3.63) is 0 Å². The predicted octanol–water partition coefficient (Wildman–Crippen LogP) is 1.70. The zero-order valence-corrected chi connectivity index (χ0v) is 12.4. The van der Waals surface area contributed by atoms with Gasteiger partial charge in [-0.2, -0.15) is 0 Å². The first-order valence-electron chi connectivity index (χ1n) is 7.37. The molecule has 0 radical (unpaired) electrons. The van der Waals surface area contributed by atoms with Gasteiger partial charge in [-0.3, -0.25) is 4.79 Å². The van der Waals surface area contributed by atoms with Gasteiger partial charge in [0.1, 0.15) is 0 Å². The molecule has 1 rings (SSSR count). The molecule has 116 valence electrons. The summed E-state index contributed by atoms with van der Waals surface area (Å²) in [6, 6.07) is -0.0842. The Morgan fingerprint density at radius 3 is 2.90 bits per heavy atom. The summed E-state index contributed by atoms with van der Waals surface area (Å²) in [5.41, 5.74) is 0. The highest BCUT2D eigenvalue weighted by atomic mass is 16.5. The Kier molecular flexibility index (Phi) is 7.36. The van der Waals surface area contributed by atoms with E-state index in [4.69, 9.17) is 9.84 Å². The average Bonchev–Trinajstić information content (AvgIpc) is 2.43. The van der Waals surface area contributed by atoms with E-state index >= 15 is 0 Å². The van der Waals surface area contributed by atoms with Crippen LogP contribution >= 0.6 is 0 Å². The number of piperidine rings is 1. The van der Waals surface area contributed by atoms with E-state index in [-0.39, 0.29) is 18.5 Å². The van der Waals surface area contributed by atoms with E-state index in [0.29, 0.717) is 32.1 Å². The topological polar surface area (TPSA) is 78.9 Å². The number of carbonyl (C=O) groups excluding carboxylic acids is 1. The number of hydrogen-bond donors (Lipinski definition) is 2. The molecule has 0 aliphatic carbocycles. The van der Waals surface area contributed by atoms with Crippen LogP contribution in [0.25, 0.3) is 0 Å². The van der Waals surface area contributed by atoms with Gasteiger partial charge in [0.05, 0.1) is 12.6 Å². The van der Waals surface area contributed by atoms with Gasteiger partial charge in [-0.15, -0.1) is 0 Å². The van der Waals surface area contributed by atoms with E-state index in [1.165, 1.54) is 0 Å². The second-order valence-corrected chi connectivity index (χ2v) is 5.40. The van der Waals surface area contributed by atoms with E-state index in [0.717, 1.165) is 19.4 Å². The Morgan fingerprint density at radius 1 is 1.50 bits per heavy atom. The van der Waals surface area contributed by atoms with Gasteiger partial charge in [0.2, 0.25) is 0 Å². The van der Waals surface area contributed by atoms with Gasteiger partial charge in [-0.1, -0.05) is 0 Å². The number of aliphatic carboxylic acids is 1. The molecular formula is C14H26N2O4. The fourth-order valence-corrected chi connectivity index (χ4v) is 2.45. The van der Waals surface area contributed by atoms with Crippen LogP contribution in [0, 0.1) is 5.92 Å². The lowest BCUT2D eigenvalue weighted by atomic mass is 9.93. The number of likely N-dealkylation sites (tertiary alicyclic amines) is 1. The van der Waals surface area contributed by atoms with Crippen molar-refractivity contribution in [2.24, 2.45) is 5.92 Å². The number of hydrogen-bond acceptors (Lipinski definition) is 3. The smallest absolute Gasteiger partial charge is 0.317 e. The molecule has 20 heavy (non-hydrogen) atoms. The van der Waals surface area contributed by atoms with Crippen molar-refractivity contribution in [2.45, 2.75) is 45.6 Å². The molecule has 0 bridgehead atoms. The van der Waals surface area contributed by atoms with Crippen molar-refractivity contribution in [1.82, 2.24) is 10.2 Å². The number of nitrogens with zero attached hydrogens (tertiary/aromatic N) is 1. The van der Waals surface area contributed by atoms with E-state index in [1.807, 2.05) is 13.8 Å². The van der Waals surface area contributed by atoms with Crippen LogP contribution in [0.4, 0.5) is 4.79 Å². The molecule has 0 saturated carbocycles. The standard InChI is InChI=1S/C14H26N2O4/c1-3-20-10-11(2)15-14(19)16-8-4-5-12(9-16)6-7-13(17)18/h11-12H,3-10H2,1-2H3,(H,15,19)(H,17,18). The van der Waals surface area contributed by atoms with Crippen LogP contribution in [0.15, 0.2) is 0 Å².